The number of ether oxygens (including phenoxy) is 1. The number of pyridine rings is 1. The van der Waals surface area contributed by atoms with Crippen molar-refractivity contribution in [1.82, 2.24) is 4.98 Å². The van der Waals surface area contributed by atoms with E-state index in [0.717, 1.165) is 27.1 Å². The lowest BCUT2D eigenvalue weighted by Crippen LogP contribution is -1.94. The van der Waals surface area contributed by atoms with Crippen LogP contribution in [-0.4, -0.2) is 11.3 Å². The molecule has 0 fully saturated rings. The molecule has 2 aromatic carbocycles. The zero-order chi connectivity index (χ0) is 14.8. The van der Waals surface area contributed by atoms with Gasteiger partial charge in [-0.15, -0.1) is 0 Å². The number of halogens is 1. The van der Waals surface area contributed by atoms with Gasteiger partial charge in [-0.2, -0.15) is 0 Å². The van der Waals surface area contributed by atoms with Gasteiger partial charge in [-0.1, -0.05) is 30.3 Å². The van der Waals surface area contributed by atoms with Gasteiger partial charge in [0, 0.05) is 17.3 Å². The van der Waals surface area contributed by atoms with Crippen LogP contribution < -0.4 is 4.74 Å². The summed E-state index contributed by atoms with van der Waals surface area (Å²) in [6, 6.07) is 13.7. The van der Waals surface area contributed by atoms with Crippen molar-refractivity contribution in [2.45, 2.75) is 6.92 Å². The number of carbonyl (C=O) groups is 1. The van der Waals surface area contributed by atoms with E-state index in [4.69, 9.17) is 4.74 Å². The number of aromatic nitrogens is 1. The van der Waals surface area contributed by atoms with Crippen molar-refractivity contribution in [3.05, 3.63) is 64.3 Å². The molecule has 0 radical (unpaired) electrons. The first-order chi connectivity index (χ1) is 10.2. The molecular formula is C17H12BrNO2. The predicted molar refractivity (Wildman–Crippen MR) is 86.1 cm³/mol. The Hall–Kier alpha value is -2.20. The van der Waals surface area contributed by atoms with Crippen molar-refractivity contribution in [2.75, 3.05) is 0 Å². The molecule has 21 heavy (non-hydrogen) atoms. The molecule has 0 aliphatic carbocycles. The predicted octanol–water partition coefficient (Wildman–Crippen LogP) is 4.91. The first kappa shape index (κ1) is 13.8. The molecule has 0 bridgehead atoms. The average Bonchev–Trinajstić information content (AvgIpc) is 2.52. The van der Waals surface area contributed by atoms with Crippen molar-refractivity contribution >= 4 is 33.0 Å². The van der Waals surface area contributed by atoms with E-state index in [2.05, 4.69) is 20.9 Å². The minimum absolute atomic E-state index is 0.497. The second-order valence-electron chi connectivity index (χ2n) is 4.71. The molecule has 0 N–H and O–H groups in total. The standard InChI is InChI=1S/C17H12BrNO2/c1-11-8-12(10-20)9-19-17(11)21-15-7-6-13-4-2-3-5-14(13)16(15)18/h2-10H,1H3. The number of hydrogen-bond donors (Lipinski definition) is 0. The topological polar surface area (TPSA) is 39.2 Å². The van der Waals surface area contributed by atoms with Gasteiger partial charge in [0.2, 0.25) is 5.88 Å². The van der Waals surface area contributed by atoms with Gasteiger partial charge in [0.1, 0.15) is 5.75 Å². The van der Waals surface area contributed by atoms with Crippen molar-refractivity contribution < 1.29 is 9.53 Å². The second kappa shape index (κ2) is 5.66. The lowest BCUT2D eigenvalue weighted by Gasteiger charge is -2.11. The third kappa shape index (κ3) is 2.67. The van der Waals surface area contributed by atoms with E-state index in [1.807, 2.05) is 43.3 Å². The van der Waals surface area contributed by atoms with Gasteiger partial charge in [-0.05, 0) is 45.8 Å². The van der Waals surface area contributed by atoms with Crippen LogP contribution in [-0.2, 0) is 0 Å². The van der Waals surface area contributed by atoms with E-state index in [1.165, 1.54) is 6.20 Å². The van der Waals surface area contributed by atoms with Gasteiger partial charge in [0.15, 0.2) is 6.29 Å². The number of aryl methyl sites for hydroxylation is 1. The summed E-state index contributed by atoms with van der Waals surface area (Å²) in [5, 5.41) is 2.22. The highest BCUT2D eigenvalue weighted by molar-refractivity contribution is 9.10. The average molecular weight is 342 g/mol. The summed E-state index contributed by atoms with van der Waals surface area (Å²) in [4.78, 5) is 14.9. The monoisotopic (exact) mass is 341 g/mol. The first-order valence-electron chi connectivity index (χ1n) is 6.46. The maximum absolute atomic E-state index is 10.7. The lowest BCUT2D eigenvalue weighted by molar-refractivity contribution is 0.112. The van der Waals surface area contributed by atoms with Crippen LogP contribution in [0.3, 0.4) is 0 Å². The smallest absolute Gasteiger partial charge is 0.222 e. The number of fused-ring (bicyclic) bond motifs is 1. The van der Waals surface area contributed by atoms with Gasteiger partial charge in [-0.25, -0.2) is 4.98 Å². The summed E-state index contributed by atoms with van der Waals surface area (Å²) < 4.78 is 6.76. The summed E-state index contributed by atoms with van der Waals surface area (Å²) in [5.41, 5.74) is 1.36. The van der Waals surface area contributed by atoms with E-state index in [0.29, 0.717) is 17.2 Å². The quantitative estimate of drug-likeness (QED) is 0.635. The third-order valence-corrected chi connectivity index (χ3v) is 4.04. The van der Waals surface area contributed by atoms with Crippen LogP contribution in [0, 0.1) is 6.92 Å². The Morgan fingerprint density at radius 2 is 2.00 bits per heavy atom. The summed E-state index contributed by atoms with van der Waals surface area (Å²) in [7, 11) is 0. The Bertz CT molecular complexity index is 830. The SMILES string of the molecule is Cc1cc(C=O)cnc1Oc1ccc2ccccc2c1Br. The molecule has 0 unspecified atom stereocenters. The summed E-state index contributed by atoms with van der Waals surface area (Å²) in [6.45, 7) is 1.87. The Morgan fingerprint density at radius 3 is 2.76 bits per heavy atom. The van der Waals surface area contributed by atoms with Gasteiger partial charge in [0.05, 0.1) is 4.47 Å². The largest absolute Gasteiger partial charge is 0.438 e. The lowest BCUT2D eigenvalue weighted by atomic mass is 10.1. The van der Waals surface area contributed by atoms with Gasteiger partial charge >= 0.3 is 0 Å². The molecule has 0 aliphatic heterocycles. The Morgan fingerprint density at radius 1 is 1.19 bits per heavy atom. The molecule has 3 rings (SSSR count). The van der Waals surface area contributed by atoms with Crippen LogP contribution in [0.4, 0.5) is 0 Å². The van der Waals surface area contributed by atoms with Crippen LogP contribution >= 0.6 is 15.9 Å². The van der Waals surface area contributed by atoms with E-state index in [1.54, 1.807) is 6.07 Å². The number of carbonyl (C=O) groups excluding carboxylic acids is 1. The van der Waals surface area contributed by atoms with Gasteiger partial charge < -0.3 is 4.74 Å². The molecule has 1 heterocycles. The zero-order valence-corrected chi connectivity index (χ0v) is 12.9. The van der Waals surface area contributed by atoms with Crippen LogP contribution in [0.1, 0.15) is 15.9 Å². The van der Waals surface area contributed by atoms with Crippen molar-refractivity contribution in [3.8, 4) is 11.6 Å². The second-order valence-corrected chi connectivity index (χ2v) is 5.50. The van der Waals surface area contributed by atoms with Crippen molar-refractivity contribution in [3.63, 3.8) is 0 Å². The first-order valence-corrected chi connectivity index (χ1v) is 7.25. The van der Waals surface area contributed by atoms with Crippen LogP contribution in [0.25, 0.3) is 10.8 Å². The maximum atomic E-state index is 10.7. The number of aldehydes is 1. The normalized spacial score (nSPS) is 10.6. The Labute approximate surface area is 130 Å². The molecule has 0 saturated heterocycles. The number of benzene rings is 2. The Kier molecular flexibility index (Phi) is 3.71. The van der Waals surface area contributed by atoms with Crippen LogP contribution in [0.5, 0.6) is 11.6 Å². The minimum Gasteiger partial charge on any atom is -0.438 e. The molecular weight excluding hydrogens is 330 g/mol. The fourth-order valence-corrected chi connectivity index (χ4v) is 2.73. The fraction of sp³-hybridized carbons (Fsp3) is 0.0588. The third-order valence-electron chi connectivity index (χ3n) is 3.22. The molecule has 0 saturated carbocycles. The molecule has 0 amide bonds. The van der Waals surface area contributed by atoms with E-state index < -0.39 is 0 Å². The van der Waals surface area contributed by atoms with Crippen molar-refractivity contribution in [2.24, 2.45) is 0 Å². The molecule has 1 aromatic heterocycles. The number of rotatable bonds is 3. The molecule has 0 atom stereocenters. The highest BCUT2D eigenvalue weighted by Gasteiger charge is 2.09. The minimum atomic E-state index is 0.497. The molecule has 0 aliphatic rings. The molecule has 0 spiro atoms. The van der Waals surface area contributed by atoms with Gasteiger partial charge in [0.25, 0.3) is 0 Å². The summed E-state index contributed by atoms with van der Waals surface area (Å²) in [6.07, 6.45) is 2.28. The zero-order valence-electron chi connectivity index (χ0n) is 11.3. The van der Waals surface area contributed by atoms with Gasteiger partial charge in [-0.3, -0.25) is 4.79 Å². The highest BCUT2D eigenvalue weighted by atomic mass is 79.9. The molecule has 104 valence electrons. The van der Waals surface area contributed by atoms with Crippen molar-refractivity contribution in [1.29, 1.82) is 0 Å². The number of hydrogen-bond acceptors (Lipinski definition) is 3. The highest BCUT2D eigenvalue weighted by Crippen LogP contribution is 2.35. The summed E-state index contributed by atoms with van der Waals surface area (Å²) in [5.74, 6) is 1.19. The van der Waals surface area contributed by atoms with Crippen LogP contribution in [0.15, 0.2) is 53.1 Å². The fourth-order valence-electron chi connectivity index (χ4n) is 2.15. The summed E-state index contributed by atoms with van der Waals surface area (Å²) >= 11 is 3.58. The van der Waals surface area contributed by atoms with Crippen LogP contribution in [0.2, 0.25) is 0 Å². The number of nitrogens with zero attached hydrogens (tertiary/aromatic N) is 1. The molecule has 3 nitrogen and oxygen atoms in total. The van der Waals surface area contributed by atoms with E-state index in [-0.39, 0.29) is 0 Å². The Balaban J connectivity index is 2.02. The maximum Gasteiger partial charge on any atom is 0.222 e. The molecule has 3 aromatic rings. The van der Waals surface area contributed by atoms with E-state index >= 15 is 0 Å². The van der Waals surface area contributed by atoms with E-state index in [9.17, 15) is 4.79 Å². The molecule has 4 heteroatoms.